The molecule has 0 unspecified atom stereocenters. The lowest BCUT2D eigenvalue weighted by Crippen LogP contribution is -1.95. The van der Waals surface area contributed by atoms with Gasteiger partial charge in [-0.25, -0.2) is 0 Å². The van der Waals surface area contributed by atoms with Crippen molar-refractivity contribution in [2.75, 3.05) is 6.61 Å². The van der Waals surface area contributed by atoms with Gasteiger partial charge in [-0.1, -0.05) is 35.6 Å². The Labute approximate surface area is 117 Å². The van der Waals surface area contributed by atoms with E-state index >= 15 is 0 Å². The third-order valence-corrected chi connectivity index (χ3v) is 2.68. The summed E-state index contributed by atoms with van der Waals surface area (Å²) in [5, 5.41) is 10.2. The van der Waals surface area contributed by atoms with E-state index in [0.717, 1.165) is 5.56 Å². The van der Waals surface area contributed by atoms with E-state index in [-0.39, 0.29) is 5.75 Å². The Kier molecular flexibility index (Phi) is 4.72. The highest BCUT2D eigenvalue weighted by Gasteiger charge is 1.98. The Morgan fingerprint density at radius 2 is 1.79 bits per heavy atom. The zero-order valence-electron chi connectivity index (χ0n) is 10.3. The van der Waals surface area contributed by atoms with Crippen molar-refractivity contribution in [1.29, 1.82) is 0 Å². The fourth-order valence-electron chi connectivity index (χ4n) is 1.49. The number of hydrogen-bond acceptors (Lipinski definition) is 2. The second-order valence-corrected chi connectivity index (χ2v) is 4.31. The van der Waals surface area contributed by atoms with Crippen LogP contribution < -0.4 is 4.74 Å². The molecule has 0 aliphatic heterocycles. The fraction of sp³-hybridized carbons (Fsp3) is 0.125. The van der Waals surface area contributed by atoms with Crippen molar-refractivity contribution in [3.8, 4) is 23.3 Å². The molecule has 0 radical (unpaired) electrons. The van der Waals surface area contributed by atoms with Gasteiger partial charge in [0.2, 0.25) is 0 Å². The van der Waals surface area contributed by atoms with E-state index in [1.165, 1.54) is 0 Å². The van der Waals surface area contributed by atoms with E-state index in [1.54, 1.807) is 18.2 Å². The molecule has 96 valence electrons. The van der Waals surface area contributed by atoms with Crippen LogP contribution in [0.4, 0.5) is 0 Å². The van der Waals surface area contributed by atoms with Crippen molar-refractivity contribution >= 4 is 11.6 Å². The maximum atomic E-state index is 9.50. The van der Waals surface area contributed by atoms with Crippen molar-refractivity contribution < 1.29 is 9.84 Å². The van der Waals surface area contributed by atoms with Crippen LogP contribution in [0, 0.1) is 11.8 Å². The number of hydrogen-bond donors (Lipinski definition) is 1. The van der Waals surface area contributed by atoms with Gasteiger partial charge in [0.25, 0.3) is 0 Å². The Morgan fingerprint density at radius 1 is 1.05 bits per heavy atom. The minimum Gasteiger partial charge on any atom is -0.504 e. The molecule has 0 saturated heterocycles. The van der Waals surface area contributed by atoms with E-state index < -0.39 is 0 Å². The SMILES string of the molecule is Oc1ccccc1OCCC#Cc1ccc(Cl)cc1. The Morgan fingerprint density at radius 3 is 2.53 bits per heavy atom. The number of aromatic hydroxyl groups is 1. The molecule has 0 aliphatic rings. The Balaban J connectivity index is 1.82. The normalized spacial score (nSPS) is 9.53. The summed E-state index contributed by atoms with van der Waals surface area (Å²) in [5.74, 6) is 6.66. The number of ether oxygens (including phenoxy) is 1. The first-order valence-corrected chi connectivity index (χ1v) is 6.29. The van der Waals surface area contributed by atoms with Crippen molar-refractivity contribution in [2.45, 2.75) is 6.42 Å². The average Bonchev–Trinajstić information content (AvgIpc) is 2.42. The van der Waals surface area contributed by atoms with Crippen LogP contribution in [-0.2, 0) is 0 Å². The molecule has 0 aromatic heterocycles. The van der Waals surface area contributed by atoms with Gasteiger partial charge in [-0.2, -0.15) is 0 Å². The maximum absolute atomic E-state index is 9.50. The molecule has 2 rings (SSSR count). The molecule has 2 aromatic rings. The third kappa shape index (κ3) is 4.24. The maximum Gasteiger partial charge on any atom is 0.160 e. The first-order valence-electron chi connectivity index (χ1n) is 5.91. The average molecular weight is 273 g/mol. The second kappa shape index (κ2) is 6.72. The number of para-hydroxylation sites is 2. The molecular weight excluding hydrogens is 260 g/mol. The van der Waals surface area contributed by atoms with Gasteiger partial charge in [-0.05, 0) is 36.4 Å². The third-order valence-electron chi connectivity index (χ3n) is 2.43. The highest BCUT2D eigenvalue weighted by atomic mass is 35.5. The molecule has 1 N–H and O–H groups in total. The van der Waals surface area contributed by atoms with Gasteiger partial charge >= 0.3 is 0 Å². The van der Waals surface area contributed by atoms with E-state index in [9.17, 15) is 5.11 Å². The van der Waals surface area contributed by atoms with Crippen molar-refractivity contribution in [2.24, 2.45) is 0 Å². The van der Waals surface area contributed by atoms with Crippen LogP contribution in [0.3, 0.4) is 0 Å². The number of benzene rings is 2. The zero-order valence-corrected chi connectivity index (χ0v) is 11.0. The molecule has 19 heavy (non-hydrogen) atoms. The van der Waals surface area contributed by atoms with Crippen molar-refractivity contribution in [3.63, 3.8) is 0 Å². The van der Waals surface area contributed by atoms with Crippen LogP contribution in [0.1, 0.15) is 12.0 Å². The van der Waals surface area contributed by atoms with Gasteiger partial charge in [-0.3, -0.25) is 0 Å². The molecule has 0 fully saturated rings. The Bertz CT molecular complexity index is 594. The van der Waals surface area contributed by atoms with Crippen molar-refractivity contribution in [3.05, 3.63) is 59.1 Å². The minimum atomic E-state index is 0.146. The number of halogens is 1. The molecule has 2 aromatic carbocycles. The van der Waals surface area contributed by atoms with Gasteiger partial charge < -0.3 is 9.84 Å². The van der Waals surface area contributed by atoms with Crippen LogP contribution in [0.25, 0.3) is 0 Å². The quantitative estimate of drug-likeness (QED) is 0.679. The van der Waals surface area contributed by atoms with Gasteiger partial charge in [-0.15, -0.1) is 0 Å². The van der Waals surface area contributed by atoms with E-state index in [0.29, 0.717) is 23.8 Å². The molecule has 0 aliphatic carbocycles. The lowest BCUT2D eigenvalue weighted by molar-refractivity contribution is 0.307. The monoisotopic (exact) mass is 272 g/mol. The lowest BCUT2D eigenvalue weighted by atomic mass is 10.2. The highest BCUT2D eigenvalue weighted by Crippen LogP contribution is 2.24. The second-order valence-electron chi connectivity index (χ2n) is 3.87. The van der Waals surface area contributed by atoms with Gasteiger partial charge in [0.15, 0.2) is 11.5 Å². The lowest BCUT2D eigenvalue weighted by Gasteiger charge is -2.04. The summed E-state index contributed by atoms with van der Waals surface area (Å²) in [6.45, 7) is 0.443. The molecule has 0 amide bonds. The molecule has 0 spiro atoms. The first kappa shape index (κ1) is 13.3. The predicted octanol–water partition coefficient (Wildman–Crippen LogP) is 3.87. The summed E-state index contributed by atoms with van der Waals surface area (Å²) in [4.78, 5) is 0. The molecule has 2 nitrogen and oxygen atoms in total. The number of phenolic OH excluding ortho intramolecular Hbond substituents is 1. The van der Waals surface area contributed by atoms with Gasteiger partial charge in [0.1, 0.15) is 0 Å². The minimum absolute atomic E-state index is 0.146. The van der Waals surface area contributed by atoms with Crippen LogP contribution in [0.15, 0.2) is 48.5 Å². The number of phenols is 1. The molecular formula is C16H13ClO2. The largest absolute Gasteiger partial charge is 0.504 e. The van der Waals surface area contributed by atoms with E-state index in [4.69, 9.17) is 16.3 Å². The van der Waals surface area contributed by atoms with Crippen LogP contribution in [0.5, 0.6) is 11.5 Å². The van der Waals surface area contributed by atoms with Crippen LogP contribution >= 0.6 is 11.6 Å². The van der Waals surface area contributed by atoms with Crippen molar-refractivity contribution in [1.82, 2.24) is 0 Å². The summed E-state index contributed by atoms with van der Waals surface area (Å²) in [6.07, 6.45) is 0.594. The standard InChI is InChI=1S/C16H13ClO2/c17-14-10-8-13(9-11-14)5-3-4-12-19-16-7-2-1-6-15(16)18/h1-2,6-11,18H,4,12H2. The number of rotatable bonds is 3. The molecule has 0 heterocycles. The van der Waals surface area contributed by atoms with Crippen LogP contribution in [-0.4, -0.2) is 11.7 Å². The highest BCUT2D eigenvalue weighted by molar-refractivity contribution is 6.30. The summed E-state index contributed by atoms with van der Waals surface area (Å²) < 4.78 is 5.42. The molecule has 3 heteroatoms. The summed E-state index contributed by atoms with van der Waals surface area (Å²) in [5.41, 5.74) is 0.923. The summed E-state index contributed by atoms with van der Waals surface area (Å²) in [7, 11) is 0. The topological polar surface area (TPSA) is 29.5 Å². The van der Waals surface area contributed by atoms with Gasteiger partial charge in [0.05, 0.1) is 6.61 Å². The fourth-order valence-corrected chi connectivity index (χ4v) is 1.62. The Hall–Kier alpha value is -2.11. The predicted molar refractivity (Wildman–Crippen MR) is 76.5 cm³/mol. The molecule has 0 bridgehead atoms. The van der Waals surface area contributed by atoms with E-state index in [1.807, 2.05) is 30.3 Å². The van der Waals surface area contributed by atoms with Crippen LogP contribution in [0.2, 0.25) is 5.02 Å². The summed E-state index contributed by atoms with van der Waals surface area (Å²) >= 11 is 5.79. The van der Waals surface area contributed by atoms with E-state index in [2.05, 4.69) is 11.8 Å². The van der Waals surface area contributed by atoms with Gasteiger partial charge in [0, 0.05) is 17.0 Å². The summed E-state index contributed by atoms with van der Waals surface area (Å²) in [6, 6.07) is 14.3. The molecule has 0 atom stereocenters. The zero-order chi connectivity index (χ0) is 13.5. The smallest absolute Gasteiger partial charge is 0.160 e. The first-order chi connectivity index (χ1) is 9.25. The molecule has 0 saturated carbocycles.